The summed E-state index contributed by atoms with van der Waals surface area (Å²) in [4.78, 5) is 30.4. The number of sulfonamides is 1. The number of anilines is 1. The SMILES string of the molecule is Cc1ccc(CN(C(=O)CN(c2ccc(I)cc2)S(=O)(=O)c2ccccc2)[C@H](Cc2ccccc2)C(=O)NC2CCCCC2)cc1. The first-order valence-corrected chi connectivity index (χ1v) is 18.3. The van der Waals surface area contributed by atoms with Crippen LogP contribution >= 0.6 is 22.6 Å². The summed E-state index contributed by atoms with van der Waals surface area (Å²) in [5.41, 5.74) is 3.23. The van der Waals surface area contributed by atoms with E-state index in [4.69, 9.17) is 0 Å². The third kappa shape index (κ3) is 8.76. The molecule has 46 heavy (non-hydrogen) atoms. The van der Waals surface area contributed by atoms with Crippen molar-refractivity contribution in [1.82, 2.24) is 10.2 Å². The highest BCUT2D eigenvalue weighted by molar-refractivity contribution is 14.1. The van der Waals surface area contributed by atoms with Crippen molar-refractivity contribution in [2.45, 2.75) is 69.0 Å². The van der Waals surface area contributed by atoms with Gasteiger partial charge >= 0.3 is 0 Å². The lowest BCUT2D eigenvalue weighted by atomic mass is 9.94. The molecule has 240 valence electrons. The molecule has 1 N–H and O–H groups in total. The quantitative estimate of drug-likeness (QED) is 0.160. The number of nitrogens with zero attached hydrogens (tertiary/aromatic N) is 2. The van der Waals surface area contributed by atoms with Gasteiger partial charge in [-0.3, -0.25) is 13.9 Å². The summed E-state index contributed by atoms with van der Waals surface area (Å²) in [6, 6.07) is 31.9. The Bertz CT molecular complexity index is 1690. The Morgan fingerprint density at radius 2 is 1.41 bits per heavy atom. The minimum atomic E-state index is -4.12. The van der Waals surface area contributed by atoms with Crippen LogP contribution in [0.3, 0.4) is 0 Å². The van der Waals surface area contributed by atoms with E-state index in [0.29, 0.717) is 12.1 Å². The van der Waals surface area contributed by atoms with Gasteiger partial charge in [0.2, 0.25) is 11.8 Å². The minimum absolute atomic E-state index is 0.0533. The van der Waals surface area contributed by atoms with E-state index in [1.807, 2.05) is 73.7 Å². The molecular weight excluding hydrogens is 709 g/mol. The average molecular weight is 750 g/mol. The van der Waals surface area contributed by atoms with Gasteiger partial charge < -0.3 is 10.2 Å². The second kappa shape index (κ2) is 15.7. The summed E-state index contributed by atoms with van der Waals surface area (Å²) in [5, 5.41) is 3.25. The van der Waals surface area contributed by atoms with Crippen LogP contribution in [0.2, 0.25) is 0 Å². The van der Waals surface area contributed by atoms with Crippen molar-refractivity contribution in [3.8, 4) is 0 Å². The maximum Gasteiger partial charge on any atom is 0.264 e. The van der Waals surface area contributed by atoms with Crippen LogP contribution in [-0.2, 0) is 32.6 Å². The van der Waals surface area contributed by atoms with Crippen LogP contribution in [-0.4, -0.2) is 43.8 Å². The van der Waals surface area contributed by atoms with Crippen molar-refractivity contribution in [3.63, 3.8) is 0 Å². The lowest BCUT2D eigenvalue weighted by molar-refractivity contribution is -0.140. The van der Waals surface area contributed by atoms with E-state index < -0.39 is 28.5 Å². The number of hydrogen-bond donors (Lipinski definition) is 1. The van der Waals surface area contributed by atoms with E-state index in [0.717, 1.165) is 56.7 Å². The zero-order valence-electron chi connectivity index (χ0n) is 26.0. The standard InChI is InChI=1S/C37H40IN3O4S/c1-28-17-19-30(20-18-28)26-40(35(25-29-11-5-2-6-12-29)37(43)39-32-13-7-3-8-14-32)36(42)27-41(33-23-21-31(38)22-24-33)46(44,45)34-15-9-4-10-16-34/h2,4-6,9-12,15-24,32,35H,3,7-8,13-14,25-27H2,1H3,(H,39,43)/t35-/m1/s1. The predicted octanol–water partition coefficient (Wildman–Crippen LogP) is 6.88. The predicted molar refractivity (Wildman–Crippen MR) is 191 cm³/mol. The highest BCUT2D eigenvalue weighted by Gasteiger charge is 2.35. The average Bonchev–Trinajstić information content (AvgIpc) is 3.07. The largest absolute Gasteiger partial charge is 0.352 e. The Morgan fingerprint density at radius 1 is 0.804 bits per heavy atom. The molecular formula is C37H40IN3O4S. The molecule has 4 aromatic carbocycles. The molecule has 5 rings (SSSR count). The number of carbonyl (C=O) groups excluding carboxylic acids is 2. The van der Waals surface area contributed by atoms with E-state index in [2.05, 4.69) is 27.9 Å². The van der Waals surface area contributed by atoms with Crippen LogP contribution in [0, 0.1) is 10.5 Å². The van der Waals surface area contributed by atoms with Gasteiger partial charge in [-0.2, -0.15) is 0 Å². The van der Waals surface area contributed by atoms with Gasteiger partial charge in [-0.15, -0.1) is 0 Å². The lowest BCUT2D eigenvalue weighted by Crippen LogP contribution is -2.55. The number of amides is 2. The topological polar surface area (TPSA) is 86.8 Å². The highest BCUT2D eigenvalue weighted by atomic mass is 127. The Balaban J connectivity index is 1.55. The number of nitrogens with one attached hydrogen (secondary N) is 1. The summed E-state index contributed by atoms with van der Waals surface area (Å²) in [6.07, 6.45) is 5.39. The third-order valence-corrected chi connectivity index (χ3v) is 10.9. The monoisotopic (exact) mass is 749 g/mol. The summed E-state index contributed by atoms with van der Waals surface area (Å²) >= 11 is 2.16. The second-order valence-electron chi connectivity index (χ2n) is 11.9. The molecule has 1 saturated carbocycles. The summed E-state index contributed by atoms with van der Waals surface area (Å²) in [6.45, 7) is 1.68. The van der Waals surface area contributed by atoms with Crippen LogP contribution in [0.1, 0.15) is 48.8 Å². The van der Waals surface area contributed by atoms with Gasteiger partial charge in [0.15, 0.2) is 0 Å². The normalized spacial score (nSPS) is 14.3. The number of halogens is 1. The molecule has 0 aromatic heterocycles. The van der Waals surface area contributed by atoms with Crippen molar-refractivity contribution in [2.24, 2.45) is 0 Å². The van der Waals surface area contributed by atoms with Crippen LogP contribution in [0.4, 0.5) is 5.69 Å². The molecule has 9 heteroatoms. The first kappa shape index (κ1) is 33.7. The molecule has 0 bridgehead atoms. The van der Waals surface area contributed by atoms with Crippen molar-refractivity contribution in [2.75, 3.05) is 10.8 Å². The Kier molecular flexibility index (Phi) is 11.5. The van der Waals surface area contributed by atoms with Crippen molar-refractivity contribution < 1.29 is 18.0 Å². The van der Waals surface area contributed by atoms with Crippen molar-refractivity contribution >= 4 is 50.1 Å². The van der Waals surface area contributed by atoms with Crippen LogP contribution in [0.5, 0.6) is 0 Å². The number of aryl methyl sites for hydroxylation is 1. The minimum Gasteiger partial charge on any atom is -0.352 e. The zero-order valence-corrected chi connectivity index (χ0v) is 29.0. The molecule has 1 fully saturated rings. The zero-order chi connectivity index (χ0) is 32.5. The van der Waals surface area contributed by atoms with Gasteiger partial charge in [-0.05, 0) is 89.9 Å². The molecule has 0 heterocycles. The smallest absolute Gasteiger partial charge is 0.264 e. The highest BCUT2D eigenvalue weighted by Crippen LogP contribution is 2.26. The number of hydrogen-bond acceptors (Lipinski definition) is 4. The summed E-state index contributed by atoms with van der Waals surface area (Å²) < 4.78 is 30.3. The van der Waals surface area contributed by atoms with Crippen LogP contribution in [0.15, 0.2) is 114 Å². The molecule has 0 unspecified atom stereocenters. The first-order valence-electron chi connectivity index (χ1n) is 15.7. The second-order valence-corrected chi connectivity index (χ2v) is 15.0. The number of benzene rings is 4. The van der Waals surface area contributed by atoms with E-state index in [1.54, 1.807) is 35.2 Å². The number of rotatable bonds is 12. The van der Waals surface area contributed by atoms with Gasteiger partial charge in [-0.1, -0.05) is 97.6 Å². The first-order chi connectivity index (χ1) is 22.2. The third-order valence-electron chi connectivity index (χ3n) is 8.42. The molecule has 2 amide bonds. The Hall–Kier alpha value is -3.70. The van der Waals surface area contributed by atoms with Gasteiger partial charge in [0.25, 0.3) is 10.0 Å². The molecule has 0 saturated heterocycles. The molecule has 1 atom stereocenters. The van der Waals surface area contributed by atoms with E-state index in [-0.39, 0.29) is 23.4 Å². The molecule has 0 spiro atoms. The molecule has 0 radical (unpaired) electrons. The molecule has 4 aromatic rings. The van der Waals surface area contributed by atoms with Crippen molar-refractivity contribution in [3.05, 3.63) is 129 Å². The van der Waals surface area contributed by atoms with E-state index >= 15 is 0 Å². The molecule has 1 aliphatic carbocycles. The van der Waals surface area contributed by atoms with E-state index in [9.17, 15) is 18.0 Å². The number of carbonyl (C=O) groups is 2. The fourth-order valence-electron chi connectivity index (χ4n) is 5.84. The van der Waals surface area contributed by atoms with Gasteiger partial charge in [0.1, 0.15) is 12.6 Å². The van der Waals surface area contributed by atoms with E-state index in [1.165, 1.54) is 12.1 Å². The maximum absolute atomic E-state index is 14.6. The van der Waals surface area contributed by atoms with Crippen LogP contribution in [0.25, 0.3) is 0 Å². The fourth-order valence-corrected chi connectivity index (χ4v) is 7.64. The molecule has 0 aliphatic heterocycles. The van der Waals surface area contributed by atoms with Gasteiger partial charge in [0, 0.05) is 22.6 Å². The lowest BCUT2D eigenvalue weighted by Gasteiger charge is -2.35. The van der Waals surface area contributed by atoms with Crippen molar-refractivity contribution in [1.29, 1.82) is 0 Å². The van der Waals surface area contributed by atoms with Gasteiger partial charge in [-0.25, -0.2) is 8.42 Å². The fraction of sp³-hybridized carbons (Fsp3) is 0.297. The molecule has 7 nitrogen and oxygen atoms in total. The van der Waals surface area contributed by atoms with Gasteiger partial charge in [0.05, 0.1) is 10.6 Å². The summed E-state index contributed by atoms with van der Waals surface area (Å²) in [7, 11) is -4.12. The van der Waals surface area contributed by atoms with Crippen LogP contribution < -0.4 is 9.62 Å². The summed E-state index contributed by atoms with van der Waals surface area (Å²) in [5.74, 6) is -0.679. The molecule has 1 aliphatic rings. The Labute approximate surface area is 286 Å². The Morgan fingerprint density at radius 3 is 2.04 bits per heavy atom. The maximum atomic E-state index is 14.6.